The number of hydrogen-bond acceptors (Lipinski definition) is 5. The molecule has 0 aromatic rings. The third-order valence-electron chi connectivity index (χ3n) is 2.26. The first kappa shape index (κ1) is 16.4. The van der Waals surface area contributed by atoms with Gasteiger partial charge in [0.15, 0.2) is 0 Å². The molecule has 0 aromatic carbocycles. The normalized spacial score (nSPS) is 12.8. The number of aliphatic hydroxyl groups is 1. The smallest absolute Gasteiger partial charge is 0.319 e. The standard InChI is InChI=1S/C12H25NO4/c1-10(2)5-4-6-17-9-11(14)7-13-8-12(15)16-3/h10-11,13-14H,4-9H2,1-3H3. The van der Waals surface area contributed by atoms with Crippen molar-refractivity contribution in [2.75, 3.05) is 33.4 Å². The third kappa shape index (κ3) is 11.6. The van der Waals surface area contributed by atoms with E-state index in [4.69, 9.17) is 4.74 Å². The molecular formula is C12H25NO4. The Hall–Kier alpha value is -0.650. The first-order valence-electron chi connectivity index (χ1n) is 6.09. The molecule has 0 rings (SSSR count). The minimum absolute atomic E-state index is 0.112. The van der Waals surface area contributed by atoms with E-state index < -0.39 is 6.10 Å². The van der Waals surface area contributed by atoms with Crippen molar-refractivity contribution in [2.24, 2.45) is 5.92 Å². The molecule has 0 spiro atoms. The molecule has 0 saturated carbocycles. The Balaban J connectivity index is 3.28. The van der Waals surface area contributed by atoms with Crippen LogP contribution in [0.3, 0.4) is 0 Å². The lowest BCUT2D eigenvalue weighted by atomic mass is 10.1. The van der Waals surface area contributed by atoms with Gasteiger partial charge in [0.2, 0.25) is 0 Å². The fraction of sp³-hybridized carbons (Fsp3) is 0.917. The van der Waals surface area contributed by atoms with Crippen LogP contribution < -0.4 is 5.32 Å². The van der Waals surface area contributed by atoms with Crippen LogP contribution in [0, 0.1) is 5.92 Å². The molecule has 0 radical (unpaired) electrons. The van der Waals surface area contributed by atoms with Crippen molar-refractivity contribution in [3.05, 3.63) is 0 Å². The summed E-state index contributed by atoms with van der Waals surface area (Å²) in [5, 5.41) is 12.3. The van der Waals surface area contributed by atoms with Crippen LogP contribution in [0.1, 0.15) is 26.7 Å². The molecule has 5 heteroatoms. The molecule has 102 valence electrons. The van der Waals surface area contributed by atoms with Crippen LogP contribution in [0.2, 0.25) is 0 Å². The summed E-state index contributed by atoms with van der Waals surface area (Å²) >= 11 is 0. The highest BCUT2D eigenvalue weighted by Gasteiger charge is 2.05. The molecule has 0 aromatic heterocycles. The zero-order valence-electron chi connectivity index (χ0n) is 11.1. The second kappa shape index (κ2) is 10.5. The number of aliphatic hydroxyl groups excluding tert-OH is 1. The van der Waals surface area contributed by atoms with Crippen LogP contribution in [0.25, 0.3) is 0 Å². The highest BCUT2D eigenvalue weighted by Crippen LogP contribution is 2.03. The molecule has 5 nitrogen and oxygen atoms in total. The lowest BCUT2D eigenvalue weighted by molar-refractivity contribution is -0.139. The fourth-order valence-corrected chi connectivity index (χ4v) is 1.28. The maximum Gasteiger partial charge on any atom is 0.319 e. The van der Waals surface area contributed by atoms with E-state index in [1.54, 1.807) is 0 Å². The average molecular weight is 247 g/mol. The average Bonchev–Trinajstić information content (AvgIpc) is 2.27. The summed E-state index contributed by atoms with van der Waals surface area (Å²) in [4.78, 5) is 10.8. The SMILES string of the molecule is COC(=O)CNCC(O)COCCCC(C)C. The molecule has 0 aliphatic carbocycles. The van der Waals surface area contributed by atoms with E-state index in [2.05, 4.69) is 23.9 Å². The summed E-state index contributed by atoms with van der Waals surface area (Å²) in [6.45, 7) is 5.76. The third-order valence-corrected chi connectivity index (χ3v) is 2.26. The van der Waals surface area contributed by atoms with Crippen LogP contribution >= 0.6 is 0 Å². The first-order valence-corrected chi connectivity index (χ1v) is 6.09. The van der Waals surface area contributed by atoms with E-state index in [0.717, 1.165) is 12.8 Å². The van der Waals surface area contributed by atoms with Crippen molar-refractivity contribution >= 4 is 5.97 Å². The number of methoxy groups -OCH3 is 1. The van der Waals surface area contributed by atoms with E-state index in [9.17, 15) is 9.90 Å². The van der Waals surface area contributed by atoms with Gasteiger partial charge in [0, 0.05) is 13.2 Å². The van der Waals surface area contributed by atoms with E-state index in [-0.39, 0.29) is 12.5 Å². The van der Waals surface area contributed by atoms with Crippen molar-refractivity contribution in [2.45, 2.75) is 32.8 Å². The molecule has 0 fully saturated rings. The molecular weight excluding hydrogens is 222 g/mol. The Morgan fingerprint density at radius 2 is 2.12 bits per heavy atom. The molecule has 0 amide bonds. The number of hydrogen-bond donors (Lipinski definition) is 2. The lowest BCUT2D eigenvalue weighted by Crippen LogP contribution is -2.34. The van der Waals surface area contributed by atoms with E-state index in [0.29, 0.717) is 25.7 Å². The largest absolute Gasteiger partial charge is 0.468 e. The molecule has 2 N–H and O–H groups in total. The van der Waals surface area contributed by atoms with Crippen LogP contribution in [0.4, 0.5) is 0 Å². The highest BCUT2D eigenvalue weighted by atomic mass is 16.5. The Kier molecular flexibility index (Phi) is 10.1. The summed E-state index contributed by atoms with van der Waals surface area (Å²) in [5.74, 6) is 0.347. The fourth-order valence-electron chi connectivity index (χ4n) is 1.28. The predicted octanol–water partition coefficient (Wildman–Crippen LogP) is 0.563. The van der Waals surface area contributed by atoms with Crippen LogP contribution in [0.5, 0.6) is 0 Å². The maximum absolute atomic E-state index is 10.8. The lowest BCUT2D eigenvalue weighted by Gasteiger charge is -2.12. The van der Waals surface area contributed by atoms with Gasteiger partial charge in [-0.1, -0.05) is 13.8 Å². The highest BCUT2D eigenvalue weighted by molar-refractivity contribution is 5.71. The van der Waals surface area contributed by atoms with E-state index in [1.807, 2.05) is 0 Å². The molecule has 0 saturated heterocycles. The second-order valence-corrected chi connectivity index (χ2v) is 4.47. The monoisotopic (exact) mass is 247 g/mol. The van der Waals surface area contributed by atoms with Gasteiger partial charge in [-0.3, -0.25) is 4.79 Å². The van der Waals surface area contributed by atoms with Gasteiger partial charge < -0.3 is 19.9 Å². The van der Waals surface area contributed by atoms with Gasteiger partial charge in [-0.05, 0) is 18.8 Å². The number of carbonyl (C=O) groups is 1. The van der Waals surface area contributed by atoms with Gasteiger partial charge in [0.1, 0.15) is 0 Å². The summed E-state index contributed by atoms with van der Waals surface area (Å²) in [6.07, 6.45) is 1.56. The van der Waals surface area contributed by atoms with Gasteiger partial charge in [0.05, 0.1) is 26.4 Å². The van der Waals surface area contributed by atoms with Gasteiger partial charge in [-0.15, -0.1) is 0 Å². The summed E-state index contributed by atoms with van der Waals surface area (Å²) < 4.78 is 9.78. The van der Waals surface area contributed by atoms with Crippen LogP contribution in [-0.2, 0) is 14.3 Å². The van der Waals surface area contributed by atoms with Crippen molar-refractivity contribution in [3.63, 3.8) is 0 Å². The Bertz CT molecular complexity index is 197. The van der Waals surface area contributed by atoms with Crippen molar-refractivity contribution in [1.29, 1.82) is 0 Å². The van der Waals surface area contributed by atoms with Crippen molar-refractivity contribution in [1.82, 2.24) is 5.32 Å². The van der Waals surface area contributed by atoms with Gasteiger partial charge in [-0.25, -0.2) is 0 Å². The number of rotatable bonds is 10. The molecule has 17 heavy (non-hydrogen) atoms. The molecule has 0 bridgehead atoms. The minimum atomic E-state index is -0.585. The van der Waals surface area contributed by atoms with Crippen molar-refractivity contribution < 1.29 is 19.4 Å². The predicted molar refractivity (Wildman–Crippen MR) is 65.8 cm³/mol. The molecule has 0 aliphatic rings. The number of nitrogens with one attached hydrogen (secondary N) is 1. The number of ether oxygens (including phenoxy) is 2. The summed E-state index contributed by atoms with van der Waals surface area (Å²) in [7, 11) is 1.33. The number of esters is 1. The van der Waals surface area contributed by atoms with Crippen LogP contribution in [-0.4, -0.2) is 50.6 Å². The maximum atomic E-state index is 10.8. The van der Waals surface area contributed by atoms with E-state index in [1.165, 1.54) is 7.11 Å². The van der Waals surface area contributed by atoms with Gasteiger partial charge in [-0.2, -0.15) is 0 Å². The second-order valence-electron chi connectivity index (χ2n) is 4.47. The number of carbonyl (C=O) groups excluding carboxylic acids is 1. The Morgan fingerprint density at radius 1 is 1.41 bits per heavy atom. The Labute approximate surface area is 103 Å². The zero-order valence-corrected chi connectivity index (χ0v) is 11.1. The molecule has 1 atom stereocenters. The quantitative estimate of drug-likeness (QED) is 0.436. The van der Waals surface area contributed by atoms with E-state index >= 15 is 0 Å². The Morgan fingerprint density at radius 3 is 2.71 bits per heavy atom. The summed E-state index contributed by atoms with van der Waals surface area (Å²) in [6, 6.07) is 0. The zero-order chi connectivity index (χ0) is 13.1. The molecule has 1 unspecified atom stereocenters. The van der Waals surface area contributed by atoms with Gasteiger partial charge in [0.25, 0.3) is 0 Å². The first-order chi connectivity index (χ1) is 8.06. The minimum Gasteiger partial charge on any atom is -0.468 e. The van der Waals surface area contributed by atoms with Crippen LogP contribution in [0.15, 0.2) is 0 Å². The molecule has 0 aliphatic heterocycles. The van der Waals surface area contributed by atoms with Gasteiger partial charge >= 0.3 is 5.97 Å². The molecule has 0 heterocycles. The van der Waals surface area contributed by atoms with Crippen molar-refractivity contribution in [3.8, 4) is 0 Å². The summed E-state index contributed by atoms with van der Waals surface area (Å²) in [5.41, 5.74) is 0. The topological polar surface area (TPSA) is 67.8 Å².